The van der Waals surface area contributed by atoms with E-state index in [1.165, 1.54) is 12.8 Å². The topological polar surface area (TPSA) is 46.9 Å². The molecular formula is C11H16BrN3O. The van der Waals surface area contributed by atoms with E-state index < -0.39 is 0 Å². The quantitative estimate of drug-likeness (QED) is 0.830. The van der Waals surface area contributed by atoms with Gasteiger partial charge in [0, 0.05) is 19.3 Å². The fraction of sp³-hybridized carbons (Fsp3) is 0.636. The molecule has 0 radical (unpaired) electrons. The maximum absolute atomic E-state index is 11.8. The molecule has 0 amide bonds. The van der Waals surface area contributed by atoms with Crippen molar-refractivity contribution in [3.05, 3.63) is 26.8 Å². The van der Waals surface area contributed by atoms with Gasteiger partial charge in [-0.1, -0.05) is 0 Å². The number of nitrogens with one attached hydrogen (secondary N) is 1. The summed E-state index contributed by atoms with van der Waals surface area (Å²) in [6, 6.07) is 0. The maximum atomic E-state index is 11.8. The van der Waals surface area contributed by atoms with E-state index >= 15 is 0 Å². The normalized spacial score (nSPS) is 15.4. The van der Waals surface area contributed by atoms with Crippen LogP contribution in [-0.4, -0.2) is 22.6 Å². The lowest BCUT2D eigenvalue weighted by Gasteiger charge is -2.09. The lowest BCUT2D eigenvalue weighted by molar-refractivity contribution is 0.550. The van der Waals surface area contributed by atoms with Crippen LogP contribution >= 0.6 is 15.9 Å². The molecule has 5 heteroatoms. The Bertz CT molecular complexity index is 426. The van der Waals surface area contributed by atoms with Crippen molar-refractivity contribution in [2.24, 2.45) is 5.92 Å². The average Bonchev–Trinajstić information content (AvgIpc) is 3.07. The third-order valence-electron chi connectivity index (χ3n) is 2.85. The van der Waals surface area contributed by atoms with E-state index in [2.05, 4.69) is 26.2 Å². The van der Waals surface area contributed by atoms with Gasteiger partial charge in [0.25, 0.3) is 5.56 Å². The molecule has 1 aliphatic rings. The Kier molecular flexibility index (Phi) is 3.76. The number of hydrogen-bond acceptors (Lipinski definition) is 3. The first kappa shape index (κ1) is 11.8. The van der Waals surface area contributed by atoms with Crippen molar-refractivity contribution in [1.29, 1.82) is 0 Å². The van der Waals surface area contributed by atoms with Gasteiger partial charge in [-0.05, 0) is 48.2 Å². The smallest absolute Gasteiger partial charge is 0.267 e. The second-order valence-corrected chi connectivity index (χ2v) is 5.11. The number of halogens is 1. The fourth-order valence-electron chi connectivity index (χ4n) is 1.63. The molecule has 0 atom stereocenters. The number of nitrogens with zero attached hydrogens (tertiary/aromatic N) is 2. The Labute approximate surface area is 103 Å². The van der Waals surface area contributed by atoms with Gasteiger partial charge in [0.05, 0.1) is 0 Å². The Morgan fingerprint density at radius 2 is 2.38 bits per heavy atom. The molecule has 4 nitrogen and oxygen atoms in total. The zero-order valence-electron chi connectivity index (χ0n) is 9.37. The van der Waals surface area contributed by atoms with Crippen molar-refractivity contribution in [3.8, 4) is 0 Å². The summed E-state index contributed by atoms with van der Waals surface area (Å²) in [5.74, 6) is 1.64. The highest BCUT2D eigenvalue weighted by Crippen LogP contribution is 2.27. The van der Waals surface area contributed by atoms with Gasteiger partial charge < -0.3 is 5.32 Å². The zero-order chi connectivity index (χ0) is 11.5. The number of hydrogen-bond donors (Lipinski definition) is 1. The van der Waals surface area contributed by atoms with E-state index in [1.807, 2.05) is 6.92 Å². The van der Waals surface area contributed by atoms with E-state index in [4.69, 9.17) is 0 Å². The molecule has 1 aromatic heterocycles. The highest BCUT2D eigenvalue weighted by molar-refractivity contribution is 9.10. The molecule has 0 aliphatic heterocycles. The first-order chi connectivity index (χ1) is 7.68. The zero-order valence-corrected chi connectivity index (χ0v) is 11.0. The molecule has 1 aliphatic carbocycles. The van der Waals surface area contributed by atoms with Crippen molar-refractivity contribution < 1.29 is 0 Å². The third kappa shape index (κ3) is 2.92. The minimum Gasteiger partial charge on any atom is -0.315 e. The molecule has 2 rings (SSSR count). The second-order valence-electron chi connectivity index (χ2n) is 4.26. The third-order valence-corrected chi connectivity index (χ3v) is 3.39. The summed E-state index contributed by atoms with van der Waals surface area (Å²) < 4.78 is 2.23. The highest BCUT2D eigenvalue weighted by Gasteiger charge is 2.20. The summed E-state index contributed by atoms with van der Waals surface area (Å²) >= 11 is 3.21. The van der Waals surface area contributed by atoms with Gasteiger partial charge in [-0.2, -0.15) is 0 Å². The molecule has 0 aromatic carbocycles. The summed E-state index contributed by atoms with van der Waals surface area (Å²) in [4.78, 5) is 15.9. The van der Waals surface area contributed by atoms with E-state index in [0.717, 1.165) is 24.8 Å². The molecule has 0 saturated heterocycles. The highest BCUT2D eigenvalue weighted by atomic mass is 79.9. The first-order valence-electron chi connectivity index (χ1n) is 5.61. The van der Waals surface area contributed by atoms with Crippen LogP contribution in [0.5, 0.6) is 0 Å². The van der Waals surface area contributed by atoms with E-state index in [-0.39, 0.29) is 5.56 Å². The lowest BCUT2D eigenvalue weighted by Crippen LogP contribution is -2.30. The van der Waals surface area contributed by atoms with E-state index in [0.29, 0.717) is 11.0 Å². The Morgan fingerprint density at radius 3 is 3.06 bits per heavy atom. The number of rotatable bonds is 5. The summed E-state index contributed by atoms with van der Waals surface area (Å²) in [5, 5.41) is 3.37. The van der Waals surface area contributed by atoms with Crippen molar-refractivity contribution in [2.75, 3.05) is 13.1 Å². The lowest BCUT2D eigenvalue weighted by atomic mass is 10.4. The molecule has 1 heterocycles. The predicted molar refractivity (Wildman–Crippen MR) is 66.5 cm³/mol. The molecule has 0 unspecified atom stereocenters. The van der Waals surface area contributed by atoms with Crippen LogP contribution in [0.2, 0.25) is 0 Å². The van der Waals surface area contributed by atoms with Crippen LogP contribution in [0.4, 0.5) is 0 Å². The first-order valence-corrected chi connectivity index (χ1v) is 6.40. The largest absolute Gasteiger partial charge is 0.315 e. The van der Waals surface area contributed by atoms with Crippen molar-refractivity contribution >= 4 is 15.9 Å². The summed E-state index contributed by atoms with van der Waals surface area (Å²) in [5.41, 5.74) is 0.000668. The average molecular weight is 286 g/mol. The van der Waals surface area contributed by atoms with Crippen LogP contribution in [0.1, 0.15) is 18.7 Å². The Morgan fingerprint density at radius 1 is 1.62 bits per heavy atom. The summed E-state index contributed by atoms with van der Waals surface area (Å²) in [6.07, 6.45) is 4.26. The molecule has 1 saturated carbocycles. The van der Waals surface area contributed by atoms with Gasteiger partial charge in [0.1, 0.15) is 10.3 Å². The monoisotopic (exact) mass is 285 g/mol. The van der Waals surface area contributed by atoms with Crippen LogP contribution in [0.3, 0.4) is 0 Å². The maximum Gasteiger partial charge on any atom is 0.267 e. The molecule has 0 spiro atoms. The molecule has 1 aromatic rings. The Balaban J connectivity index is 1.91. The number of aryl methyl sites for hydroxylation is 1. The SMILES string of the molecule is Cc1ncc(Br)c(=O)n1CCNCC1CC1. The van der Waals surface area contributed by atoms with Crippen molar-refractivity contribution in [1.82, 2.24) is 14.9 Å². The van der Waals surface area contributed by atoms with Gasteiger partial charge in [-0.25, -0.2) is 4.98 Å². The van der Waals surface area contributed by atoms with Crippen LogP contribution < -0.4 is 10.9 Å². The van der Waals surface area contributed by atoms with E-state index in [9.17, 15) is 4.79 Å². The molecule has 1 fully saturated rings. The van der Waals surface area contributed by atoms with Crippen molar-refractivity contribution in [3.63, 3.8) is 0 Å². The van der Waals surface area contributed by atoms with Gasteiger partial charge in [0.2, 0.25) is 0 Å². The Hall–Kier alpha value is -0.680. The van der Waals surface area contributed by atoms with Gasteiger partial charge in [-0.3, -0.25) is 9.36 Å². The van der Waals surface area contributed by atoms with Gasteiger partial charge in [-0.15, -0.1) is 0 Å². The van der Waals surface area contributed by atoms with E-state index in [1.54, 1.807) is 10.8 Å². The predicted octanol–water partition coefficient (Wildman–Crippen LogP) is 1.31. The van der Waals surface area contributed by atoms with Crippen molar-refractivity contribution in [2.45, 2.75) is 26.3 Å². The molecule has 88 valence electrons. The van der Waals surface area contributed by atoms with Crippen LogP contribution in [0, 0.1) is 12.8 Å². The minimum atomic E-state index is 0.000668. The second kappa shape index (κ2) is 5.10. The molecule has 1 N–H and O–H groups in total. The standard InChI is InChI=1S/C11H16BrN3O/c1-8-14-7-10(12)11(16)15(8)5-4-13-6-9-2-3-9/h7,9,13H,2-6H2,1H3. The summed E-state index contributed by atoms with van der Waals surface area (Å²) in [7, 11) is 0. The summed E-state index contributed by atoms with van der Waals surface area (Å²) in [6.45, 7) is 4.45. The molecule has 16 heavy (non-hydrogen) atoms. The number of aromatic nitrogens is 2. The van der Waals surface area contributed by atoms with Crippen LogP contribution in [-0.2, 0) is 6.54 Å². The molecular weight excluding hydrogens is 270 g/mol. The molecule has 0 bridgehead atoms. The van der Waals surface area contributed by atoms with Gasteiger partial charge >= 0.3 is 0 Å². The van der Waals surface area contributed by atoms with Gasteiger partial charge in [0.15, 0.2) is 0 Å². The fourth-order valence-corrected chi connectivity index (χ4v) is 1.95. The van der Waals surface area contributed by atoms with Crippen LogP contribution in [0.15, 0.2) is 15.5 Å². The minimum absolute atomic E-state index is 0.000668. The van der Waals surface area contributed by atoms with Crippen LogP contribution in [0.25, 0.3) is 0 Å².